The Hall–Kier alpha value is -2.69. The molecule has 0 heterocycles. The van der Waals surface area contributed by atoms with Gasteiger partial charge in [-0.05, 0) is 83.5 Å². The van der Waals surface area contributed by atoms with Gasteiger partial charge in [-0.15, -0.1) is 0 Å². The Morgan fingerprint density at radius 3 is 0.909 bits per heavy atom. The number of nitrogens with one attached hydrogen (secondary N) is 1. The lowest BCUT2D eigenvalue weighted by Crippen LogP contribution is -2.45. The van der Waals surface area contributed by atoms with E-state index in [1.807, 2.05) is 6.08 Å². The Morgan fingerprint density at radius 2 is 0.584 bits per heavy atom. The molecule has 0 aromatic carbocycles. The highest BCUT2D eigenvalue weighted by Gasteiger charge is 2.18. The van der Waals surface area contributed by atoms with Crippen LogP contribution >= 0.6 is 0 Å². The minimum Gasteiger partial charge on any atom is -0.394 e. The molecule has 0 aliphatic carbocycles. The fourth-order valence-corrected chi connectivity index (χ4v) is 10.2. The SMILES string of the molecule is CC/C=C\C/C=C\C/C=C\C/C=C\C/C=C\C/C=C\CCCCCCCCCCCCCCCCCCCCCCCCC(=O)NC(CO)C(O)/C=C/CC/C=C/CCCCCCCCCCCCCCCCCCCC. The Morgan fingerprint density at radius 1 is 0.325 bits per heavy atom. The fourth-order valence-electron chi connectivity index (χ4n) is 10.2. The van der Waals surface area contributed by atoms with Gasteiger partial charge in [0.2, 0.25) is 5.91 Å². The van der Waals surface area contributed by atoms with E-state index in [9.17, 15) is 15.0 Å². The molecule has 0 rings (SSSR count). The van der Waals surface area contributed by atoms with E-state index in [1.54, 1.807) is 6.08 Å². The summed E-state index contributed by atoms with van der Waals surface area (Å²) in [4.78, 5) is 12.5. The van der Waals surface area contributed by atoms with Crippen LogP contribution in [0.2, 0.25) is 0 Å². The van der Waals surface area contributed by atoms with Gasteiger partial charge in [0.1, 0.15) is 0 Å². The molecule has 0 aromatic rings. The average molecular weight is 1070 g/mol. The predicted molar refractivity (Wildman–Crippen MR) is 345 cm³/mol. The van der Waals surface area contributed by atoms with E-state index in [0.717, 1.165) is 70.6 Å². The molecule has 0 radical (unpaired) electrons. The first-order valence-corrected chi connectivity index (χ1v) is 34.0. The zero-order valence-corrected chi connectivity index (χ0v) is 51.5. The number of unbranched alkanes of at least 4 members (excludes halogenated alkanes) is 41. The van der Waals surface area contributed by atoms with E-state index in [0.29, 0.717) is 6.42 Å². The lowest BCUT2D eigenvalue weighted by atomic mass is 10.0. The van der Waals surface area contributed by atoms with Crippen molar-refractivity contribution in [3.05, 3.63) is 97.2 Å². The molecule has 0 bridgehead atoms. The third-order valence-electron chi connectivity index (χ3n) is 15.3. The Balaban J connectivity index is 3.47. The molecule has 0 fully saturated rings. The molecule has 4 heteroatoms. The molecule has 1 amide bonds. The molecule has 0 saturated carbocycles. The standard InChI is InChI=1S/C73H131NO3/c1-3-5-7-9-11-13-15-17-19-21-23-25-27-29-30-31-32-33-34-35-36-37-38-39-40-41-42-43-44-45-47-49-51-53-55-57-59-61-63-65-67-69-73(77)74-71(70-75)72(76)68-66-64-62-60-58-56-54-52-50-48-46-28-26-24-22-20-18-16-14-12-10-8-6-4-2/h5,7,11,13,17,19,23,25,29-30,32-33,58,60,66,68,71-72,75-76H,3-4,6,8-10,12,14-16,18,20-22,24,26-28,31,34-57,59,61-65,67,69-70H2,1-2H3,(H,74,77)/b7-5-,13-11-,19-17-,25-23-,30-29-,33-32-,60-58+,68-66+. The summed E-state index contributed by atoms with van der Waals surface area (Å²) in [5.74, 6) is -0.0697. The average Bonchev–Trinajstić information content (AvgIpc) is 3.43. The van der Waals surface area contributed by atoms with Gasteiger partial charge < -0.3 is 15.5 Å². The highest BCUT2D eigenvalue weighted by atomic mass is 16.3. The lowest BCUT2D eigenvalue weighted by molar-refractivity contribution is -0.123. The number of hydrogen-bond donors (Lipinski definition) is 3. The van der Waals surface area contributed by atoms with Gasteiger partial charge in [-0.3, -0.25) is 4.79 Å². The molecule has 2 unspecified atom stereocenters. The second kappa shape index (κ2) is 67.6. The summed E-state index contributed by atoms with van der Waals surface area (Å²) in [6.07, 6.45) is 101. The highest BCUT2D eigenvalue weighted by molar-refractivity contribution is 5.76. The van der Waals surface area contributed by atoms with Crippen LogP contribution in [0.5, 0.6) is 0 Å². The minimum atomic E-state index is -0.866. The van der Waals surface area contributed by atoms with E-state index in [1.165, 1.54) is 250 Å². The summed E-state index contributed by atoms with van der Waals surface area (Å²) in [7, 11) is 0. The van der Waals surface area contributed by atoms with Gasteiger partial charge in [0, 0.05) is 6.42 Å². The topological polar surface area (TPSA) is 69.6 Å². The molecule has 0 saturated heterocycles. The molecule has 77 heavy (non-hydrogen) atoms. The third-order valence-corrected chi connectivity index (χ3v) is 15.3. The molecular formula is C73H131NO3. The molecular weight excluding hydrogens is 939 g/mol. The van der Waals surface area contributed by atoms with Crippen LogP contribution in [0.4, 0.5) is 0 Å². The first-order chi connectivity index (χ1) is 38.2. The van der Waals surface area contributed by atoms with E-state index >= 15 is 0 Å². The number of aliphatic hydroxyl groups excluding tert-OH is 2. The largest absolute Gasteiger partial charge is 0.394 e. The molecule has 3 N–H and O–H groups in total. The molecule has 2 atom stereocenters. The maximum absolute atomic E-state index is 12.5. The van der Waals surface area contributed by atoms with Crippen molar-refractivity contribution in [3.63, 3.8) is 0 Å². The highest BCUT2D eigenvalue weighted by Crippen LogP contribution is 2.18. The van der Waals surface area contributed by atoms with Crippen molar-refractivity contribution >= 4 is 5.91 Å². The number of amides is 1. The van der Waals surface area contributed by atoms with Crippen molar-refractivity contribution in [2.75, 3.05) is 6.61 Å². The summed E-state index contributed by atoms with van der Waals surface area (Å²) in [6.45, 7) is 4.21. The maximum atomic E-state index is 12.5. The van der Waals surface area contributed by atoms with E-state index in [4.69, 9.17) is 0 Å². The van der Waals surface area contributed by atoms with Gasteiger partial charge in [0.25, 0.3) is 0 Å². The third kappa shape index (κ3) is 64.0. The molecule has 0 spiro atoms. The summed E-state index contributed by atoms with van der Waals surface area (Å²) < 4.78 is 0. The van der Waals surface area contributed by atoms with Crippen LogP contribution in [0, 0.1) is 0 Å². The number of allylic oxidation sites excluding steroid dienone is 15. The zero-order valence-electron chi connectivity index (χ0n) is 51.5. The van der Waals surface area contributed by atoms with Crippen LogP contribution in [0.1, 0.15) is 341 Å². The number of aliphatic hydroxyl groups is 2. The van der Waals surface area contributed by atoms with Crippen molar-refractivity contribution in [1.82, 2.24) is 5.32 Å². The van der Waals surface area contributed by atoms with Gasteiger partial charge in [-0.2, -0.15) is 0 Å². The Kier molecular flexibility index (Phi) is 65.2. The van der Waals surface area contributed by atoms with Gasteiger partial charge in [-0.25, -0.2) is 0 Å². The van der Waals surface area contributed by atoms with Crippen molar-refractivity contribution < 1.29 is 15.0 Å². The Labute approximate surface area is 481 Å². The van der Waals surface area contributed by atoms with E-state index in [-0.39, 0.29) is 12.5 Å². The van der Waals surface area contributed by atoms with E-state index < -0.39 is 12.1 Å². The first-order valence-electron chi connectivity index (χ1n) is 34.0. The van der Waals surface area contributed by atoms with E-state index in [2.05, 4.69) is 104 Å². The molecule has 4 nitrogen and oxygen atoms in total. The van der Waals surface area contributed by atoms with Crippen LogP contribution in [-0.4, -0.2) is 34.9 Å². The van der Waals surface area contributed by atoms with Gasteiger partial charge in [0.15, 0.2) is 0 Å². The fraction of sp³-hybridized carbons (Fsp3) is 0.767. The van der Waals surface area contributed by atoms with Gasteiger partial charge >= 0.3 is 0 Å². The molecule has 0 aromatic heterocycles. The summed E-state index contributed by atoms with van der Waals surface area (Å²) >= 11 is 0. The summed E-state index contributed by atoms with van der Waals surface area (Å²) in [6, 6.07) is -0.643. The number of rotatable bonds is 62. The van der Waals surface area contributed by atoms with Crippen LogP contribution in [0.25, 0.3) is 0 Å². The van der Waals surface area contributed by atoms with Crippen LogP contribution < -0.4 is 5.32 Å². The first kappa shape index (κ1) is 74.3. The Bertz CT molecular complexity index is 1400. The molecule has 0 aliphatic rings. The normalized spacial score (nSPS) is 13.4. The molecule has 0 aliphatic heterocycles. The smallest absolute Gasteiger partial charge is 0.220 e. The van der Waals surface area contributed by atoms with Gasteiger partial charge in [-0.1, -0.05) is 349 Å². The van der Waals surface area contributed by atoms with Crippen molar-refractivity contribution in [3.8, 4) is 0 Å². The second-order valence-corrected chi connectivity index (χ2v) is 22.9. The number of carbonyl (C=O) groups excluding carboxylic acids is 1. The van der Waals surface area contributed by atoms with Crippen LogP contribution in [0.15, 0.2) is 97.2 Å². The number of hydrogen-bond acceptors (Lipinski definition) is 3. The summed E-state index contributed by atoms with van der Waals surface area (Å²) in [5, 5.41) is 23.2. The van der Waals surface area contributed by atoms with Crippen molar-refractivity contribution in [1.29, 1.82) is 0 Å². The van der Waals surface area contributed by atoms with Crippen molar-refractivity contribution in [2.45, 2.75) is 353 Å². The van der Waals surface area contributed by atoms with Crippen LogP contribution in [-0.2, 0) is 4.79 Å². The summed E-state index contributed by atoms with van der Waals surface area (Å²) in [5.41, 5.74) is 0. The lowest BCUT2D eigenvalue weighted by Gasteiger charge is -2.19. The minimum absolute atomic E-state index is 0.0697. The monoisotopic (exact) mass is 1070 g/mol. The number of carbonyl (C=O) groups is 1. The quantitative estimate of drug-likeness (QED) is 0.0420. The predicted octanol–water partition coefficient (Wildman–Crippen LogP) is 23.2. The van der Waals surface area contributed by atoms with Crippen LogP contribution in [0.3, 0.4) is 0 Å². The maximum Gasteiger partial charge on any atom is 0.220 e. The van der Waals surface area contributed by atoms with Gasteiger partial charge in [0.05, 0.1) is 18.8 Å². The van der Waals surface area contributed by atoms with Crippen molar-refractivity contribution in [2.24, 2.45) is 0 Å². The molecule has 446 valence electrons. The second-order valence-electron chi connectivity index (χ2n) is 22.9. The zero-order chi connectivity index (χ0) is 55.5.